The molecule has 0 atom stereocenters. The third kappa shape index (κ3) is 6.72. The highest BCUT2D eigenvalue weighted by atomic mass is 32.2. The van der Waals surface area contributed by atoms with Crippen molar-refractivity contribution in [2.75, 3.05) is 53.4 Å². The highest BCUT2D eigenvalue weighted by molar-refractivity contribution is 7.89. The van der Waals surface area contributed by atoms with Crippen LogP contribution in [0.5, 0.6) is 0 Å². The van der Waals surface area contributed by atoms with E-state index < -0.39 is 26.6 Å². The van der Waals surface area contributed by atoms with Crippen LogP contribution in [0.1, 0.15) is 12.8 Å². The zero-order valence-corrected chi connectivity index (χ0v) is 17.3. The van der Waals surface area contributed by atoms with Crippen molar-refractivity contribution in [3.8, 4) is 0 Å². The normalized spacial score (nSPS) is 15.8. The second kappa shape index (κ2) is 10.1. The minimum Gasteiger partial charge on any atom is -0.348 e. The van der Waals surface area contributed by atoms with Crippen molar-refractivity contribution in [3.05, 3.63) is 29.8 Å². The summed E-state index contributed by atoms with van der Waals surface area (Å²) >= 11 is 0. The van der Waals surface area contributed by atoms with Crippen molar-refractivity contribution in [1.82, 2.24) is 19.4 Å². The van der Waals surface area contributed by atoms with Crippen LogP contribution in [0.25, 0.3) is 0 Å². The first-order chi connectivity index (χ1) is 13.6. The largest absolute Gasteiger partial charge is 0.348 e. The van der Waals surface area contributed by atoms with Crippen molar-refractivity contribution >= 4 is 21.8 Å². The lowest BCUT2D eigenvalue weighted by atomic mass is 10.3. The van der Waals surface area contributed by atoms with Gasteiger partial charge >= 0.3 is 0 Å². The molecule has 0 aromatic heterocycles. The number of rotatable bonds is 7. The number of nitrogens with one attached hydrogen (secondary N) is 1. The van der Waals surface area contributed by atoms with Gasteiger partial charge in [-0.1, -0.05) is 0 Å². The summed E-state index contributed by atoms with van der Waals surface area (Å²) in [5.41, 5.74) is 0. The Kier molecular flexibility index (Phi) is 8.05. The first-order valence-corrected chi connectivity index (χ1v) is 10.7. The van der Waals surface area contributed by atoms with Crippen molar-refractivity contribution < 1.29 is 26.8 Å². The van der Waals surface area contributed by atoms with Gasteiger partial charge < -0.3 is 9.80 Å². The molecule has 1 N–H and O–H groups in total. The molecule has 0 unspecified atom stereocenters. The Labute approximate surface area is 169 Å². The predicted octanol–water partition coefficient (Wildman–Crippen LogP) is 0.256. The molecule has 8 nitrogen and oxygen atoms in total. The fourth-order valence-electron chi connectivity index (χ4n) is 2.89. The molecule has 1 fully saturated rings. The molecule has 0 saturated carbocycles. The molecule has 162 valence electrons. The molecule has 1 saturated heterocycles. The number of halogens is 2. The average molecular weight is 432 g/mol. The van der Waals surface area contributed by atoms with Crippen LogP contribution in [0.3, 0.4) is 0 Å². The van der Waals surface area contributed by atoms with Gasteiger partial charge in [-0.05, 0) is 24.6 Å². The fraction of sp³-hybridized carbons (Fsp3) is 0.556. The molecule has 29 heavy (non-hydrogen) atoms. The predicted molar refractivity (Wildman–Crippen MR) is 102 cm³/mol. The molecule has 11 heteroatoms. The summed E-state index contributed by atoms with van der Waals surface area (Å²) in [4.78, 5) is 29.0. The number of nitrogens with zero attached hydrogens (tertiary/aromatic N) is 3. The number of amides is 2. The maximum atomic E-state index is 13.2. The molecule has 1 heterocycles. The average Bonchev–Trinajstić information content (AvgIpc) is 2.89. The maximum Gasteiger partial charge on any atom is 0.240 e. The van der Waals surface area contributed by atoms with Crippen LogP contribution in [0, 0.1) is 11.6 Å². The lowest BCUT2D eigenvalue weighted by Crippen LogP contribution is -2.40. The second-order valence-electron chi connectivity index (χ2n) is 7.02. The quantitative estimate of drug-likeness (QED) is 0.668. The van der Waals surface area contributed by atoms with Crippen molar-refractivity contribution in [3.63, 3.8) is 0 Å². The van der Waals surface area contributed by atoms with E-state index in [4.69, 9.17) is 0 Å². The van der Waals surface area contributed by atoms with E-state index in [1.807, 2.05) is 4.90 Å². The SMILES string of the molecule is CN(C)C(=O)CN1CCCN(C(=O)CCNS(=O)(=O)c2ccc(F)c(F)c2)CC1. The van der Waals surface area contributed by atoms with Gasteiger partial charge in [0.25, 0.3) is 0 Å². The molecule has 2 rings (SSSR count). The molecule has 0 radical (unpaired) electrons. The molecule has 0 bridgehead atoms. The third-order valence-corrected chi connectivity index (χ3v) is 6.09. The zero-order valence-electron chi connectivity index (χ0n) is 16.5. The van der Waals surface area contributed by atoms with E-state index in [-0.39, 0.29) is 24.8 Å². The van der Waals surface area contributed by atoms with Gasteiger partial charge in [0, 0.05) is 53.2 Å². The number of carbonyl (C=O) groups is 2. The summed E-state index contributed by atoms with van der Waals surface area (Å²) in [5.74, 6) is -2.61. The van der Waals surface area contributed by atoms with Gasteiger partial charge in [0.05, 0.1) is 11.4 Å². The Bertz CT molecular complexity index is 848. The Morgan fingerprint density at radius 2 is 1.83 bits per heavy atom. The summed E-state index contributed by atoms with van der Waals surface area (Å²) in [7, 11) is -0.658. The lowest BCUT2D eigenvalue weighted by Gasteiger charge is -2.22. The number of benzene rings is 1. The Balaban J connectivity index is 1.83. The molecule has 1 aromatic carbocycles. The molecule has 0 aliphatic carbocycles. The van der Waals surface area contributed by atoms with E-state index in [0.29, 0.717) is 45.2 Å². The molecule has 1 aromatic rings. The number of hydrogen-bond donors (Lipinski definition) is 1. The highest BCUT2D eigenvalue weighted by Crippen LogP contribution is 2.13. The topological polar surface area (TPSA) is 90.0 Å². The van der Waals surface area contributed by atoms with Gasteiger partial charge in [-0.3, -0.25) is 14.5 Å². The minimum atomic E-state index is -4.04. The Morgan fingerprint density at radius 3 is 2.48 bits per heavy atom. The van der Waals surface area contributed by atoms with Crippen molar-refractivity contribution in [2.45, 2.75) is 17.7 Å². The van der Waals surface area contributed by atoms with E-state index in [9.17, 15) is 26.8 Å². The van der Waals surface area contributed by atoms with Gasteiger partial charge in [-0.2, -0.15) is 0 Å². The first-order valence-electron chi connectivity index (χ1n) is 9.25. The van der Waals surface area contributed by atoms with E-state index in [2.05, 4.69) is 4.72 Å². The fourth-order valence-corrected chi connectivity index (χ4v) is 3.93. The highest BCUT2D eigenvalue weighted by Gasteiger charge is 2.22. The van der Waals surface area contributed by atoms with E-state index >= 15 is 0 Å². The van der Waals surface area contributed by atoms with E-state index in [0.717, 1.165) is 12.1 Å². The Morgan fingerprint density at radius 1 is 1.10 bits per heavy atom. The standard InChI is InChI=1S/C18H26F2N4O4S/c1-22(2)18(26)13-23-8-3-9-24(11-10-23)17(25)6-7-21-29(27,28)14-4-5-15(19)16(20)12-14/h4-5,12,21H,3,6-11,13H2,1-2H3. The summed E-state index contributed by atoms with van der Waals surface area (Å²) in [6.07, 6.45) is 0.659. The second-order valence-corrected chi connectivity index (χ2v) is 8.79. The number of sulfonamides is 1. The van der Waals surface area contributed by atoms with E-state index in [1.165, 1.54) is 4.90 Å². The van der Waals surface area contributed by atoms with E-state index in [1.54, 1.807) is 19.0 Å². The van der Waals surface area contributed by atoms with Crippen LogP contribution in [0.2, 0.25) is 0 Å². The summed E-state index contributed by atoms with van der Waals surface area (Å²) in [6, 6.07) is 2.29. The number of carbonyl (C=O) groups excluding carboxylic acids is 2. The van der Waals surface area contributed by atoms with Crippen LogP contribution in [-0.4, -0.2) is 88.3 Å². The van der Waals surface area contributed by atoms with Gasteiger partial charge in [0.2, 0.25) is 21.8 Å². The molecule has 1 aliphatic rings. The molecular formula is C18H26F2N4O4S. The molecule has 2 amide bonds. The monoisotopic (exact) mass is 432 g/mol. The van der Waals surface area contributed by atoms with Crippen LogP contribution < -0.4 is 4.72 Å². The summed E-state index contributed by atoms with van der Waals surface area (Å²) in [5, 5.41) is 0. The molecular weight excluding hydrogens is 406 g/mol. The number of likely N-dealkylation sites (N-methyl/N-ethyl adjacent to an activating group) is 1. The molecule has 0 spiro atoms. The van der Waals surface area contributed by atoms with Crippen molar-refractivity contribution in [2.24, 2.45) is 0 Å². The Hall–Kier alpha value is -2.11. The van der Waals surface area contributed by atoms with Crippen LogP contribution >= 0.6 is 0 Å². The van der Waals surface area contributed by atoms with Gasteiger partial charge in [0.1, 0.15) is 0 Å². The summed E-state index contributed by atoms with van der Waals surface area (Å²) in [6.45, 7) is 2.39. The summed E-state index contributed by atoms with van der Waals surface area (Å²) < 4.78 is 52.7. The lowest BCUT2D eigenvalue weighted by molar-refractivity contribution is -0.130. The first kappa shape index (κ1) is 23.2. The van der Waals surface area contributed by atoms with Crippen LogP contribution in [-0.2, 0) is 19.6 Å². The number of hydrogen-bond acceptors (Lipinski definition) is 5. The van der Waals surface area contributed by atoms with Gasteiger partial charge in [-0.15, -0.1) is 0 Å². The van der Waals surface area contributed by atoms with Crippen LogP contribution in [0.4, 0.5) is 8.78 Å². The molecule has 1 aliphatic heterocycles. The zero-order chi connectivity index (χ0) is 21.6. The van der Waals surface area contributed by atoms with Gasteiger partial charge in [0.15, 0.2) is 11.6 Å². The van der Waals surface area contributed by atoms with Gasteiger partial charge in [-0.25, -0.2) is 21.9 Å². The third-order valence-electron chi connectivity index (χ3n) is 4.63. The maximum absolute atomic E-state index is 13.2. The van der Waals surface area contributed by atoms with Crippen LogP contribution in [0.15, 0.2) is 23.1 Å². The minimum absolute atomic E-state index is 0.00332. The van der Waals surface area contributed by atoms with Crippen molar-refractivity contribution in [1.29, 1.82) is 0 Å². The smallest absolute Gasteiger partial charge is 0.240 e.